The van der Waals surface area contributed by atoms with Crippen LogP contribution in [0.4, 0.5) is 0 Å². The van der Waals surface area contributed by atoms with Gasteiger partial charge >= 0.3 is 0 Å². The van der Waals surface area contributed by atoms with Crippen LogP contribution < -0.4 is 4.74 Å². The van der Waals surface area contributed by atoms with Crippen molar-refractivity contribution in [3.8, 4) is 28.8 Å². The van der Waals surface area contributed by atoms with E-state index in [1.165, 1.54) is 0 Å². The number of benzene rings is 1. The highest BCUT2D eigenvalue weighted by Gasteiger charge is 2.39. The molecule has 9 heteroatoms. The summed E-state index contributed by atoms with van der Waals surface area (Å²) in [5.74, 6) is 2.06. The lowest BCUT2D eigenvalue weighted by molar-refractivity contribution is 0.392. The molecule has 9 nitrogen and oxygen atoms in total. The first kappa shape index (κ1) is 18.8. The molecule has 0 amide bonds. The van der Waals surface area contributed by atoms with Crippen LogP contribution in [-0.4, -0.2) is 34.3 Å². The lowest BCUT2D eigenvalue weighted by atomic mass is 9.88. The lowest BCUT2D eigenvalue weighted by Gasteiger charge is -2.24. The van der Waals surface area contributed by atoms with Crippen molar-refractivity contribution in [2.75, 3.05) is 0 Å². The fourth-order valence-electron chi connectivity index (χ4n) is 4.48. The average molecular weight is 447 g/mol. The van der Waals surface area contributed by atoms with Crippen molar-refractivity contribution < 1.29 is 9.15 Å². The van der Waals surface area contributed by atoms with Crippen LogP contribution >= 0.6 is 0 Å². The first-order valence-electron chi connectivity index (χ1n) is 10.8. The molecule has 164 valence electrons. The van der Waals surface area contributed by atoms with E-state index in [9.17, 15) is 0 Å². The Kier molecular flexibility index (Phi) is 3.92. The predicted molar refractivity (Wildman–Crippen MR) is 122 cm³/mol. The summed E-state index contributed by atoms with van der Waals surface area (Å²) in [6, 6.07) is 17.5. The minimum absolute atomic E-state index is 0.312. The predicted octanol–water partition coefficient (Wildman–Crippen LogP) is 4.56. The largest absolute Gasteiger partial charge is 0.468 e. The summed E-state index contributed by atoms with van der Waals surface area (Å²) in [7, 11) is 0. The Labute approximate surface area is 193 Å². The number of para-hydroxylation sites is 1. The van der Waals surface area contributed by atoms with Crippen molar-refractivity contribution in [3.05, 3.63) is 102 Å². The molecule has 0 unspecified atom stereocenters. The van der Waals surface area contributed by atoms with Gasteiger partial charge in [-0.2, -0.15) is 5.10 Å². The molecular formula is C25H17N7O2. The molecule has 1 aliphatic heterocycles. The number of fused-ring (bicyclic) bond motifs is 4. The van der Waals surface area contributed by atoms with E-state index in [0.717, 1.165) is 33.8 Å². The Balaban J connectivity index is 1.49. The first-order chi connectivity index (χ1) is 16.8. The van der Waals surface area contributed by atoms with Crippen LogP contribution in [0, 0.1) is 6.92 Å². The van der Waals surface area contributed by atoms with E-state index in [4.69, 9.17) is 19.2 Å². The van der Waals surface area contributed by atoms with Crippen molar-refractivity contribution in [2.24, 2.45) is 0 Å². The van der Waals surface area contributed by atoms with E-state index < -0.39 is 0 Å². The van der Waals surface area contributed by atoms with Gasteiger partial charge in [-0.25, -0.2) is 19.2 Å². The minimum atomic E-state index is -0.312. The second-order valence-corrected chi connectivity index (χ2v) is 8.01. The highest BCUT2D eigenvalue weighted by atomic mass is 16.5. The normalized spacial score (nSPS) is 14.6. The molecular weight excluding hydrogens is 430 g/mol. The summed E-state index contributed by atoms with van der Waals surface area (Å²) in [5.41, 5.74) is 4.88. The molecule has 0 radical (unpaired) electrons. The Morgan fingerprint density at radius 1 is 0.941 bits per heavy atom. The number of hydrogen-bond donors (Lipinski definition) is 0. The molecule has 0 bridgehead atoms. The van der Waals surface area contributed by atoms with Gasteiger partial charge in [0.1, 0.15) is 12.1 Å². The molecule has 1 aliphatic rings. The zero-order valence-corrected chi connectivity index (χ0v) is 18.0. The number of aryl methyl sites for hydroxylation is 1. The van der Waals surface area contributed by atoms with Crippen LogP contribution in [0.2, 0.25) is 0 Å². The third-order valence-electron chi connectivity index (χ3n) is 5.97. The van der Waals surface area contributed by atoms with Gasteiger partial charge < -0.3 is 9.15 Å². The summed E-state index contributed by atoms with van der Waals surface area (Å²) >= 11 is 0. The zero-order valence-electron chi connectivity index (χ0n) is 18.0. The molecule has 5 aromatic heterocycles. The monoisotopic (exact) mass is 447 g/mol. The Morgan fingerprint density at radius 2 is 1.85 bits per heavy atom. The Bertz CT molecular complexity index is 1640. The van der Waals surface area contributed by atoms with Gasteiger partial charge in [-0.3, -0.25) is 4.98 Å². The summed E-state index contributed by atoms with van der Waals surface area (Å²) < 4.78 is 15.8. The van der Waals surface area contributed by atoms with E-state index in [1.807, 2.05) is 61.5 Å². The maximum Gasteiger partial charge on any atom is 0.230 e. The van der Waals surface area contributed by atoms with Gasteiger partial charge in [0.15, 0.2) is 11.5 Å². The van der Waals surface area contributed by atoms with E-state index >= 15 is 0 Å². The molecule has 34 heavy (non-hydrogen) atoms. The van der Waals surface area contributed by atoms with Crippen molar-refractivity contribution >= 4 is 5.65 Å². The second kappa shape index (κ2) is 7.11. The Morgan fingerprint density at radius 3 is 2.65 bits per heavy atom. The molecule has 0 aliphatic carbocycles. The van der Waals surface area contributed by atoms with Gasteiger partial charge in [0.25, 0.3) is 0 Å². The standard InChI is InChI=1S/C25H17N7O2/c1-15-19-20(18-10-6-12-33-18)21-23-28-22(16-7-5-11-26-13-16)30-31(23)14-27-24(21)34-25(19)32(29-15)17-8-3-2-4-9-17/h2-14,20H,1H3/t20-/m0/s1. The van der Waals surface area contributed by atoms with Crippen molar-refractivity contribution in [1.29, 1.82) is 0 Å². The molecule has 1 aromatic carbocycles. The van der Waals surface area contributed by atoms with Crippen molar-refractivity contribution in [1.82, 2.24) is 34.3 Å². The van der Waals surface area contributed by atoms with E-state index in [1.54, 1.807) is 34.2 Å². The van der Waals surface area contributed by atoms with Gasteiger partial charge in [-0.15, -0.1) is 5.10 Å². The molecule has 0 N–H and O–H groups in total. The average Bonchev–Trinajstić information content (AvgIpc) is 3.63. The van der Waals surface area contributed by atoms with Gasteiger partial charge in [-0.05, 0) is 43.3 Å². The van der Waals surface area contributed by atoms with Gasteiger partial charge in [0.05, 0.1) is 34.7 Å². The molecule has 7 rings (SSSR count). The fraction of sp³-hybridized carbons (Fsp3) is 0.0800. The molecule has 6 heterocycles. The Hall–Kier alpha value is -4.79. The number of furan rings is 1. The SMILES string of the molecule is Cc1nn(-c2ccccc2)c2c1[C@H](c1ccco1)c1c(ncn3nc(-c4cccnc4)nc13)O2. The molecule has 6 aromatic rings. The molecule has 0 saturated heterocycles. The van der Waals surface area contributed by atoms with Crippen molar-refractivity contribution in [2.45, 2.75) is 12.8 Å². The topological polar surface area (TPSA) is 96.2 Å². The van der Waals surface area contributed by atoms with Gasteiger partial charge in [0, 0.05) is 18.0 Å². The summed E-state index contributed by atoms with van der Waals surface area (Å²) in [5, 5.41) is 9.44. The number of nitrogens with zero attached hydrogens (tertiary/aromatic N) is 7. The maximum absolute atomic E-state index is 6.39. The van der Waals surface area contributed by atoms with Crippen molar-refractivity contribution in [3.63, 3.8) is 0 Å². The van der Waals surface area contributed by atoms with E-state index in [0.29, 0.717) is 23.2 Å². The van der Waals surface area contributed by atoms with E-state index in [2.05, 4.69) is 15.1 Å². The number of rotatable bonds is 3. The highest BCUT2D eigenvalue weighted by Crippen LogP contribution is 2.49. The molecule has 1 atom stereocenters. The summed E-state index contributed by atoms with van der Waals surface area (Å²) in [4.78, 5) is 13.6. The van der Waals surface area contributed by atoms with Crippen LogP contribution in [0.5, 0.6) is 11.8 Å². The number of pyridine rings is 1. The zero-order chi connectivity index (χ0) is 22.6. The first-order valence-corrected chi connectivity index (χ1v) is 10.8. The third kappa shape index (κ3) is 2.70. The fourth-order valence-corrected chi connectivity index (χ4v) is 4.48. The molecule has 0 spiro atoms. The molecule has 0 saturated carbocycles. The minimum Gasteiger partial charge on any atom is -0.468 e. The summed E-state index contributed by atoms with van der Waals surface area (Å²) in [6.45, 7) is 1.97. The molecule has 0 fully saturated rings. The van der Waals surface area contributed by atoms with Crippen LogP contribution in [-0.2, 0) is 0 Å². The van der Waals surface area contributed by atoms with E-state index in [-0.39, 0.29) is 5.92 Å². The van der Waals surface area contributed by atoms with Crippen LogP contribution in [0.25, 0.3) is 22.7 Å². The lowest BCUT2D eigenvalue weighted by Crippen LogP contribution is -2.15. The number of hydrogen-bond acceptors (Lipinski definition) is 7. The summed E-state index contributed by atoms with van der Waals surface area (Å²) in [6.07, 6.45) is 6.74. The number of aromatic nitrogens is 7. The van der Waals surface area contributed by atoms with Crippen LogP contribution in [0.15, 0.2) is 84.0 Å². The van der Waals surface area contributed by atoms with Gasteiger partial charge in [-0.1, -0.05) is 18.2 Å². The highest BCUT2D eigenvalue weighted by molar-refractivity contribution is 5.67. The van der Waals surface area contributed by atoms with Gasteiger partial charge in [0.2, 0.25) is 11.8 Å². The third-order valence-corrected chi connectivity index (χ3v) is 5.97. The van der Waals surface area contributed by atoms with Crippen LogP contribution in [0.3, 0.4) is 0 Å². The second-order valence-electron chi connectivity index (χ2n) is 8.01. The smallest absolute Gasteiger partial charge is 0.230 e. The quantitative estimate of drug-likeness (QED) is 0.392. The maximum atomic E-state index is 6.39. The van der Waals surface area contributed by atoms with Crippen LogP contribution in [0.1, 0.15) is 28.5 Å². The number of ether oxygens (including phenoxy) is 1.